The zero-order valence-electron chi connectivity index (χ0n) is 13.9. The standard InChI is InChI=1S/C20H26O3/c1-2-3-4-5-6-9-15-22-20(21)23-16-18-13-10-12-17-11-7-8-14-19(17)18/h7-8,10-14H,2-6,9,15-16H2,1H3. The highest BCUT2D eigenvalue weighted by Crippen LogP contribution is 2.19. The van der Waals surface area contributed by atoms with Crippen LogP contribution in [0.25, 0.3) is 10.8 Å². The van der Waals surface area contributed by atoms with Gasteiger partial charge in [-0.05, 0) is 22.8 Å². The Morgan fingerprint density at radius 1 is 0.870 bits per heavy atom. The van der Waals surface area contributed by atoms with Gasteiger partial charge in [0.25, 0.3) is 0 Å². The molecule has 0 aromatic heterocycles. The molecule has 3 nitrogen and oxygen atoms in total. The van der Waals surface area contributed by atoms with E-state index in [4.69, 9.17) is 9.47 Å². The molecule has 3 heteroatoms. The molecule has 0 N–H and O–H groups in total. The topological polar surface area (TPSA) is 35.5 Å². The summed E-state index contributed by atoms with van der Waals surface area (Å²) in [4.78, 5) is 11.6. The van der Waals surface area contributed by atoms with Gasteiger partial charge in [0.2, 0.25) is 0 Å². The summed E-state index contributed by atoms with van der Waals surface area (Å²) in [6.07, 6.45) is 6.45. The summed E-state index contributed by atoms with van der Waals surface area (Å²) in [6, 6.07) is 14.1. The van der Waals surface area contributed by atoms with Crippen LogP contribution in [-0.4, -0.2) is 12.8 Å². The lowest BCUT2D eigenvalue weighted by Gasteiger charge is -2.08. The maximum absolute atomic E-state index is 11.6. The second-order valence-electron chi connectivity index (χ2n) is 5.79. The van der Waals surface area contributed by atoms with E-state index in [0.29, 0.717) is 6.61 Å². The Bertz CT molecular complexity index is 601. The average Bonchev–Trinajstić information content (AvgIpc) is 2.59. The van der Waals surface area contributed by atoms with Gasteiger partial charge in [-0.15, -0.1) is 0 Å². The average molecular weight is 314 g/mol. The molecule has 0 atom stereocenters. The third-order valence-electron chi connectivity index (χ3n) is 3.94. The van der Waals surface area contributed by atoms with Crippen molar-refractivity contribution in [3.05, 3.63) is 48.0 Å². The molecule has 2 rings (SSSR count). The van der Waals surface area contributed by atoms with Gasteiger partial charge in [-0.25, -0.2) is 4.79 Å². The second-order valence-corrected chi connectivity index (χ2v) is 5.79. The minimum absolute atomic E-state index is 0.247. The zero-order chi connectivity index (χ0) is 16.3. The SMILES string of the molecule is CCCCCCCCOC(=O)OCc1cccc2ccccc12. The second kappa shape index (κ2) is 9.88. The highest BCUT2D eigenvalue weighted by molar-refractivity contribution is 5.85. The van der Waals surface area contributed by atoms with E-state index in [2.05, 4.69) is 19.1 Å². The molecule has 0 unspecified atom stereocenters. The molecule has 0 fully saturated rings. The van der Waals surface area contributed by atoms with Crippen LogP contribution >= 0.6 is 0 Å². The van der Waals surface area contributed by atoms with Gasteiger partial charge < -0.3 is 9.47 Å². The Hall–Kier alpha value is -2.03. The van der Waals surface area contributed by atoms with Crippen LogP contribution in [0.3, 0.4) is 0 Å². The molecule has 0 aliphatic heterocycles. The van der Waals surface area contributed by atoms with Crippen molar-refractivity contribution in [2.24, 2.45) is 0 Å². The fourth-order valence-corrected chi connectivity index (χ4v) is 2.63. The number of unbranched alkanes of at least 4 members (excludes halogenated alkanes) is 5. The number of ether oxygens (including phenoxy) is 2. The lowest BCUT2D eigenvalue weighted by Crippen LogP contribution is -2.08. The smallest absolute Gasteiger partial charge is 0.434 e. The summed E-state index contributed by atoms with van der Waals surface area (Å²) in [5.74, 6) is 0. The van der Waals surface area contributed by atoms with Crippen LogP contribution in [0.2, 0.25) is 0 Å². The number of carbonyl (C=O) groups is 1. The van der Waals surface area contributed by atoms with Crippen LogP contribution < -0.4 is 0 Å². The molecular weight excluding hydrogens is 288 g/mol. The first-order valence-corrected chi connectivity index (χ1v) is 8.57. The Balaban J connectivity index is 1.68. The molecule has 0 saturated heterocycles. The largest absolute Gasteiger partial charge is 0.508 e. The summed E-state index contributed by atoms with van der Waals surface area (Å²) in [5, 5.41) is 2.26. The van der Waals surface area contributed by atoms with Crippen molar-refractivity contribution in [1.29, 1.82) is 0 Å². The van der Waals surface area contributed by atoms with E-state index in [1.165, 1.54) is 25.7 Å². The van der Waals surface area contributed by atoms with Crippen LogP contribution in [0.1, 0.15) is 51.0 Å². The Morgan fingerprint density at radius 2 is 1.61 bits per heavy atom. The number of benzene rings is 2. The van der Waals surface area contributed by atoms with Crippen LogP contribution in [0.15, 0.2) is 42.5 Å². The summed E-state index contributed by atoms with van der Waals surface area (Å²) in [7, 11) is 0. The van der Waals surface area contributed by atoms with Gasteiger partial charge in [0, 0.05) is 0 Å². The lowest BCUT2D eigenvalue weighted by molar-refractivity contribution is 0.0490. The van der Waals surface area contributed by atoms with Crippen LogP contribution in [0.4, 0.5) is 4.79 Å². The first-order chi connectivity index (χ1) is 11.3. The minimum atomic E-state index is -0.577. The molecule has 0 heterocycles. The van der Waals surface area contributed by atoms with Crippen molar-refractivity contribution in [1.82, 2.24) is 0 Å². The highest BCUT2D eigenvalue weighted by atomic mass is 16.7. The molecule has 0 saturated carbocycles. The van der Waals surface area contributed by atoms with Crippen molar-refractivity contribution >= 4 is 16.9 Å². The van der Waals surface area contributed by atoms with Gasteiger partial charge in [0.1, 0.15) is 6.61 Å². The summed E-state index contributed by atoms with van der Waals surface area (Å²) < 4.78 is 10.3. The van der Waals surface area contributed by atoms with Gasteiger partial charge in [0.15, 0.2) is 0 Å². The molecule has 0 amide bonds. The van der Waals surface area contributed by atoms with Gasteiger partial charge in [-0.2, -0.15) is 0 Å². The van der Waals surface area contributed by atoms with Crippen molar-refractivity contribution in [3.8, 4) is 0 Å². The van der Waals surface area contributed by atoms with Crippen molar-refractivity contribution in [3.63, 3.8) is 0 Å². The van der Waals surface area contributed by atoms with Crippen LogP contribution in [0.5, 0.6) is 0 Å². The number of carbonyl (C=O) groups excluding carboxylic acids is 1. The van der Waals surface area contributed by atoms with E-state index in [-0.39, 0.29) is 6.61 Å². The summed E-state index contributed by atoms with van der Waals surface area (Å²) in [6.45, 7) is 2.90. The molecule has 2 aromatic carbocycles. The van der Waals surface area contributed by atoms with E-state index in [1.807, 2.05) is 30.3 Å². The number of hydrogen-bond acceptors (Lipinski definition) is 3. The first kappa shape index (κ1) is 17.3. The van der Waals surface area contributed by atoms with Crippen LogP contribution in [0, 0.1) is 0 Å². The monoisotopic (exact) mass is 314 g/mol. The maximum Gasteiger partial charge on any atom is 0.508 e. The quantitative estimate of drug-likeness (QED) is 0.430. The maximum atomic E-state index is 11.6. The highest BCUT2D eigenvalue weighted by Gasteiger charge is 2.06. The predicted molar refractivity (Wildman–Crippen MR) is 93.5 cm³/mol. The van der Waals surface area contributed by atoms with E-state index in [0.717, 1.165) is 29.2 Å². The molecule has 0 radical (unpaired) electrons. The minimum Gasteiger partial charge on any atom is -0.434 e. The van der Waals surface area contributed by atoms with E-state index in [1.54, 1.807) is 0 Å². The van der Waals surface area contributed by atoms with Crippen molar-refractivity contribution < 1.29 is 14.3 Å². The van der Waals surface area contributed by atoms with E-state index in [9.17, 15) is 4.79 Å². The predicted octanol–water partition coefficient (Wildman–Crippen LogP) is 5.85. The van der Waals surface area contributed by atoms with Crippen LogP contribution in [-0.2, 0) is 16.1 Å². The van der Waals surface area contributed by atoms with Crippen molar-refractivity contribution in [2.75, 3.05) is 6.61 Å². The molecule has 124 valence electrons. The first-order valence-electron chi connectivity index (χ1n) is 8.57. The molecule has 2 aromatic rings. The van der Waals surface area contributed by atoms with Gasteiger partial charge in [0.05, 0.1) is 6.61 Å². The molecule has 0 bridgehead atoms. The Kier molecular flexibility index (Phi) is 7.44. The van der Waals surface area contributed by atoms with Gasteiger partial charge in [-0.1, -0.05) is 81.5 Å². The van der Waals surface area contributed by atoms with E-state index < -0.39 is 6.16 Å². The third-order valence-corrected chi connectivity index (χ3v) is 3.94. The van der Waals surface area contributed by atoms with E-state index >= 15 is 0 Å². The van der Waals surface area contributed by atoms with Gasteiger partial charge in [-0.3, -0.25) is 0 Å². The number of rotatable bonds is 9. The summed E-state index contributed by atoms with van der Waals surface area (Å²) in [5.41, 5.74) is 1.000. The zero-order valence-corrected chi connectivity index (χ0v) is 13.9. The molecular formula is C20H26O3. The Morgan fingerprint density at radius 3 is 2.48 bits per heavy atom. The molecule has 0 aliphatic carbocycles. The normalized spacial score (nSPS) is 10.7. The summed E-state index contributed by atoms with van der Waals surface area (Å²) >= 11 is 0. The lowest BCUT2D eigenvalue weighted by atomic mass is 10.1. The molecule has 0 spiro atoms. The third kappa shape index (κ3) is 5.93. The fourth-order valence-electron chi connectivity index (χ4n) is 2.63. The van der Waals surface area contributed by atoms with Gasteiger partial charge >= 0.3 is 6.16 Å². The Labute approximate surface area is 138 Å². The molecule has 23 heavy (non-hydrogen) atoms. The number of hydrogen-bond donors (Lipinski definition) is 0. The van der Waals surface area contributed by atoms with Crippen molar-refractivity contribution in [2.45, 2.75) is 52.1 Å². The number of fused-ring (bicyclic) bond motifs is 1. The fraction of sp³-hybridized carbons (Fsp3) is 0.450. The molecule has 0 aliphatic rings.